The number of para-hydroxylation sites is 1. The summed E-state index contributed by atoms with van der Waals surface area (Å²) < 4.78 is 10.9. The highest BCUT2D eigenvalue weighted by molar-refractivity contribution is 9.09. The molecule has 0 N–H and O–H groups in total. The molecule has 2 atom stereocenters. The summed E-state index contributed by atoms with van der Waals surface area (Å²) in [4.78, 5) is 0.276. The lowest BCUT2D eigenvalue weighted by molar-refractivity contribution is 0.202. The van der Waals surface area contributed by atoms with Crippen LogP contribution in [0.5, 0.6) is 5.75 Å². The van der Waals surface area contributed by atoms with Crippen molar-refractivity contribution in [2.75, 3.05) is 20.3 Å². The van der Waals surface area contributed by atoms with Crippen molar-refractivity contribution in [2.24, 2.45) is 0 Å². The second-order valence-corrected chi connectivity index (χ2v) is 6.33. The van der Waals surface area contributed by atoms with Crippen molar-refractivity contribution in [3.05, 3.63) is 65.2 Å². The van der Waals surface area contributed by atoms with E-state index in [1.165, 1.54) is 16.7 Å². The van der Waals surface area contributed by atoms with E-state index in [1.54, 1.807) is 7.11 Å². The molecule has 0 aliphatic carbocycles. The number of rotatable bonds is 5. The first kappa shape index (κ1) is 14.6. The van der Waals surface area contributed by atoms with Crippen LogP contribution in [-0.4, -0.2) is 20.3 Å². The van der Waals surface area contributed by atoms with E-state index in [0.717, 1.165) is 25.4 Å². The fraction of sp³-hybridized carbons (Fsp3) is 0.333. The highest BCUT2D eigenvalue weighted by Gasteiger charge is 2.30. The maximum atomic E-state index is 5.78. The van der Waals surface area contributed by atoms with Crippen LogP contribution in [0.1, 0.15) is 27.4 Å². The van der Waals surface area contributed by atoms with E-state index < -0.39 is 0 Å². The van der Waals surface area contributed by atoms with Crippen molar-refractivity contribution in [3.63, 3.8) is 0 Å². The Hall–Kier alpha value is -1.32. The van der Waals surface area contributed by atoms with Crippen molar-refractivity contribution in [3.8, 4) is 5.75 Å². The average molecular weight is 347 g/mol. The molecule has 0 aromatic heterocycles. The Balaban J connectivity index is 1.75. The maximum absolute atomic E-state index is 5.78. The van der Waals surface area contributed by atoms with E-state index in [9.17, 15) is 0 Å². The molecule has 2 aromatic carbocycles. The molecule has 21 heavy (non-hydrogen) atoms. The second-order valence-electron chi connectivity index (χ2n) is 5.34. The largest absolute Gasteiger partial charge is 0.493 e. The van der Waals surface area contributed by atoms with Crippen molar-refractivity contribution >= 4 is 15.9 Å². The van der Waals surface area contributed by atoms with Gasteiger partial charge in [-0.1, -0.05) is 58.4 Å². The summed E-state index contributed by atoms with van der Waals surface area (Å²) in [6.07, 6.45) is 0.957. The minimum Gasteiger partial charge on any atom is -0.493 e. The first-order chi connectivity index (χ1) is 10.3. The van der Waals surface area contributed by atoms with Crippen LogP contribution in [0.3, 0.4) is 0 Å². The standard InChI is InChI=1S/C18H19BrO2/c1-20-11-10-13-6-8-14(9-7-13)18(19)16-12-21-17-5-3-2-4-15(16)17/h2-9,16,18H,10-12H2,1H3. The molecule has 0 saturated carbocycles. The number of halogens is 1. The van der Waals surface area contributed by atoms with Crippen molar-refractivity contribution in [2.45, 2.75) is 17.2 Å². The third-order valence-corrected chi connectivity index (χ3v) is 5.15. The molecule has 0 bridgehead atoms. The Labute approximate surface area is 134 Å². The van der Waals surface area contributed by atoms with Gasteiger partial charge in [-0.15, -0.1) is 0 Å². The third-order valence-electron chi connectivity index (χ3n) is 3.98. The van der Waals surface area contributed by atoms with E-state index in [-0.39, 0.29) is 4.83 Å². The normalized spacial score (nSPS) is 18.1. The number of benzene rings is 2. The zero-order valence-corrected chi connectivity index (χ0v) is 13.7. The summed E-state index contributed by atoms with van der Waals surface area (Å²) in [5.74, 6) is 1.38. The van der Waals surface area contributed by atoms with Crippen LogP contribution in [0.25, 0.3) is 0 Å². The molecule has 2 nitrogen and oxygen atoms in total. The molecule has 2 unspecified atom stereocenters. The molecule has 1 heterocycles. The van der Waals surface area contributed by atoms with E-state index in [2.05, 4.69) is 52.3 Å². The zero-order chi connectivity index (χ0) is 14.7. The van der Waals surface area contributed by atoms with Gasteiger partial charge in [0, 0.05) is 23.4 Å². The van der Waals surface area contributed by atoms with Crippen LogP contribution in [0, 0.1) is 0 Å². The van der Waals surface area contributed by atoms with Gasteiger partial charge in [0.25, 0.3) is 0 Å². The molecule has 0 amide bonds. The molecule has 110 valence electrons. The highest BCUT2D eigenvalue weighted by atomic mass is 79.9. The molecule has 3 heteroatoms. The lowest BCUT2D eigenvalue weighted by Crippen LogP contribution is -2.07. The minimum absolute atomic E-state index is 0.276. The Morgan fingerprint density at radius 1 is 1.19 bits per heavy atom. The van der Waals surface area contributed by atoms with Gasteiger partial charge in [0.2, 0.25) is 0 Å². The first-order valence-corrected chi connectivity index (χ1v) is 8.14. The summed E-state index contributed by atoms with van der Waals surface area (Å²) in [5.41, 5.74) is 3.90. The van der Waals surface area contributed by atoms with E-state index in [4.69, 9.17) is 9.47 Å². The number of alkyl halides is 1. The van der Waals surface area contributed by atoms with E-state index in [0.29, 0.717) is 5.92 Å². The zero-order valence-electron chi connectivity index (χ0n) is 12.1. The SMILES string of the molecule is COCCc1ccc(C(Br)C2COc3ccccc32)cc1. The van der Waals surface area contributed by atoms with Crippen molar-refractivity contribution in [1.82, 2.24) is 0 Å². The number of fused-ring (bicyclic) bond motifs is 1. The number of ether oxygens (including phenoxy) is 2. The number of methoxy groups -OCH3 is 1. The molecule has 0 radical (unpaired) electrons. The highest BCUT2D eigenvalue weighted by Crippen LogP contribution is 2.45. The summed E-state index contributed by atoms with van der Waals surface area (Å²) in [7, 11) is 1.74. The van der Waals surface area contributed by atoms with Crippen LogP contribution in [0.2, 0.25) is 0 Å². The fourth-order valence-electron chi connectivity index (χ4n) is 2.75. The Bertz CT molecular complexity index is 594. The van der Waals surface area contributed by atoms with Gasteiger partial charge in [0.15, 0.2) is 0 Å². The van der Waals surface area contributed by atoms with Crippen LogP contribution in [-0.2, 0) is 11.2 Å². The average Bonchev–Trinajstić information content (AvgIpc) is 2.97. The van der Waals surface area contributed by atoms with Gasteiger partial charge in [-0.3, -0.25) is 0 Å². The Morgan fingerprint density at radius 2 is 1.95 bits per heavy atom. The minimum atomic E-state index is 0.276. The number of hydrogen-bond acceptors (Lipinski definition) is 2. The summed E-state index contributed by atoms with van der Waals surface area (Å²) in [6, 6.07) is 17.1. The topological polar surface area (TPSA) is 18.5 Å². The van der Waals surface area contributed by atoms with Gasteiger partial charge in [0.1, 0.15) is 5.75 Å². The lowest BCUT2D eigenvalue weighted by Gasteiger charge is -2.17. The second kappa shape index (κ2) is 6.63. The molecular formula is C18H19BrO2. The molecule has 0 fully saturated rings. The van der Waals surface area contributed by atoms with Crippen LogP contribution in [0.15, 0.2) is 48.5 Å². The quantitative estimate of drug-likeness (QED) is 0.742. The maximum Gasteiger partial charge on any atom is 0.122 e. The van der Waals surface area contributed by atoms with Gasteiger partial charge in [-0.2, -0.15) is 0 Å². The van der Waals surface area contributed by atoms with Gasteiger partial charge in [-0.05, 0) is 23.6 Å². The molecule has 0 spiro atoms. The molecule has 3 rings (SSSR count). The summed E-state index contributed by atoms with van der Waals surface area (Å²) in [6.45, 7) is 1.50. The van der Waals surface area contributed by atoms with Gasteiger partial charge in [0.05, 0.1) is 13.2 Å². The fourth-order valence-corrected chi connectivity index (χ4v) is 3.49. The third kappa shape index (κ3) is 3.14. The van der Waals surface area contributed by atoms with Crippen LogP contribution < -0.4 is 4.74 Å². The Kier molecular flexibility index (Phi) is 4.61. The van der Waals surface area contributed by atoms with Crippen molar-refractivity contribution < 1.29 is 9.47 Å². The molecule has 1 aliphatic rings. The van der Waals surface area contributed by atoms with Gasteiger partial charge >= 0.3 is 0 Å². The van der Waals surface area contributed by atoms with Gasteiger partial charge < -0.3 is 9.47 Å². The lowest BCUT2D eigenvalue weighted by atomic mass is 9.93. The van der Waals surface area contributed by atoms with Crippen LogP contribution in [0.4, 0.5) is 0 Å². The first-order valence-electron chi connectivity index (χ1n) is 7.23. The molecule has 0 saturated heterocycles. The van der Waals surface area contributed by atoms with Crippen LogP contribution >= 0.6 is 15.9 Å². The summed E-state index contributed by atoms with van der Waals surface area (Å²) >= 11 is 3.86. The molecule has 2 aromatic rings. The predicted molar refractivity (Wildman–Crippen MR) is 88.4 cm³/mol. The smallest absolute Gasteiger partial charge is 0.122 e. The number of hydrogen-bond donors (Lipinski definition) is 0. The van der Waals surface area contributed by atoms with E-state index in [1.807, 2.05) is 12.1 Å². The van der Waals surface area contributed by atoms with Gasteiger partial charge in [-0.25, -0.2) is 0 Å². The Morgan fingerprint density at radius 3 is 2.71 bits per heavy atom. The molecule has 1 aliphatic heterocycles. The van der Waals surface area contributed by atoms with E-state index >= 15 is 0 Å². The predicted octanol–water partition coefficient (Wildman–Crippen LogP) is 4.49. The summed E-state index contributed by atoms with van der Waals surface area (Å²) in [5, 5.41) is 0. The van der Waals surface area contributed by atoms with Crippen molar-refractivity contribution in [1.29, 1.82) is 0 Å². The molecular weight excluding hydrogens is 328 g/mol. The monoisotopic (exact) mass is 346 g/mol.